The van der Waals surface area contributed by atoms with E-state index in [1.54, 1.807) is 12.1 Å². The van der Waals surface area contributed by atoms with Gasteiger partial charge in [-0.1, -0.05) is 41.4 Å². The lowest BCUT2D eigenvalue weighted by atomic mass is 10.1. The smallest absolute Gasteiger partial charge is 0.129 e. The molecule has 1 unspecified atom stereocenters. The van der Waals surface area contributed by atoms with Crippen LogP contribution in [0.1, 0.15) is 18.1 Å². The molecule has 0 fully saturated rings. The van der Waals surface area contributed by atoms with E-state index in [0.717, 1.165) is 11.4 Å². The monoisotopic (exact) mass is 311 g/mol. The molecule has 0 heterocycles. The molecular formula is C16H16Cl2FN. The fraction of sp³-hybridized carbons (Fsp3) is 0.250. The van der Waals surface area contributed by atoms with Gasteiger partial charge in [0.05, 0.1) is 0 Å². The SMILES string of the molecule is CC(Cc1ccc(Cl)cc1)NCc1c(F)cccc1Cl. The van der Waals surface area contributed by atoms with Crippen LogP contribution in [-0.2, 0) is 13.0 Å². The Labute approximate surface area is 128 Å². The van der Waals surface area contributed by atoms with E-state index in [0.29, 0.717) is 17.1 Å². The molecular weight excluding hydrogens is 296 g/mol. The standard InChI is InChI=1S/C16H16Cl2FN/c1-11(9-12-5-7-13(17)8-6-12)20-10-14-15(18)3-2-4-16(14)19/h2-8,11,20H,9-10H2,1H3. The van der Waals surface area contributed by atoms with Gasteiger partial charge in [0, 0.05) is 28.2 Å². The Morgan fingerprint density at radius 2 is 1.80 bits per heavy atom. The molecule has 2 rings (SSSR count). The third kappa shape index (κ3) is 4.20. The van der Waals surface area contributed by atoms with Crippen LogP contribution in [0.15, 0.2) is 42.5 Å². The Balaban J connectivity index is 1.92. The van der Waals surface area contributed by atoms with Crippen LogP contribution < -0.4 is 5.32 Å². The summed E-state index contributed by atoms with van der Waals surface area (Å²) in [6.07, 6.45) is 0.850. The fourth-order valence-electron chi connectivity index (χ4n) is 2.02. The summed E-state index contributed by atoms with van der Waals surface area (Å²) < 4.78 is 13.6. The quantitative estimate of drug-likeness (QED) is 0.832. The predicted octanol–water partition coefficient (Wildman–Crippen LogP) is 4.85. The third-order valence-electron chi connectivity index (χ3n) is 3.14. The van der Waals surface area contributed by atoms with Crippen LogP contribution in [0.3, 0.4) is 0 Å². The molecule has 4 heteroatoms. The summed E-state index contributed by atoms with van der Waals surface area (Å²) in [7, 11) is 0. The first kappa shape index (κ1) is 15.3. The van der Waals surface area contributed by atoms with Crippen molar-refractivity contribution in [2.45, 2.75) is 25.9 Å². The molecule has 2 aromatic carbocycles. The van der Waals surface area contributed by atoms with E-state index in [9.17, 15) is 4.39 Å². The molecule has 0 amide bonds. The molecule has 1 nitrogen and oxygen atoms in total. The van der Waals surface area contributed by atoms with E-state index >= 15 is 0 Å². The lowest BCUT2D eigenvalue weighted by Gasteiger charge is -2.15. The van der Waals surface area contributed by atoms with Crippen molar-refractivity contribution >= 4 is 23.2 Å². The van der Waals surface area contributed by atoms with Crippen molar-refractivity contribution in [3.05, 3.63) is 69.5 Å². The van der Waals surface area contributed by atoms with Gasteiger partial charge >= 0.3 is 0 Å². The fourth-order valence-corrected chi connectivity index (χ4v) is 2.38. The highest BCUT2D eigenvalue weighted by Crippen LogP contribution is 2.19. The maximum absolute atomic E-state index is 13.6. The maximum atomic E-state index is 13.6. The highest BCUT2D eigenvalue weighted by Gasteiger charge is 2.09. The molecule has 106 valence electrons. The second-order valence-electron chi connectivity index (χ2n) is 4.81. The molecule has 20 heavy (non-hydrogen) atoms. The zero-order valence-corrected chi connectivity index (χ0v) is 12.7. The number of halogens is 3. The first-order valence-electron chi connectivity index (χ1n) is 6.47. The second-order valence-corrected chi connectivity index (χ2v) is 5.66. The molecule has 0 aliphatic heterocycles. The maximum Gasteiger partial charge on any atom is 0.129 e. The number of hydrogen-bond donors (Lipinski definition) is 1. The van der Waals surface area contributed by atoms with Gasteiger partial charge in [-0.15, -0.1) is 0 Å². The van der Waals surface area contributed by atoms with E-state index in [2.05, 4.69) is 12.2 Å². The van der Waals surface area contributed by atoms with E-state index in [4.69, 9.17) is 23.2 Å². The average molecular weight is 312 g/mol. The zero-order chi connectivity index (χ0) is 14.5. The lowest BCUT2D eigenvalue weighted by Crippen LogP contribution is -2.28. The van der Waals surface area contributed by atoms with Crippen molar-refractivity contribution in [3.63, 3.8) is 0 Å². The second kappa shape index (κ2) is 7.07. The van der Waals surface area contributed by atoms with Gasteiger partial charge in [-0.2, -0.15) is 0 Å². The number of rotatable bonds is 5. The summed E-state index contributed by atoms with van der Waals surface area (Å²) in [6, 6.07) is 12.7. The molecule has 0 aliphatic rings. The van der Waals surface area contributed by atoms with Crippen LogP contribution in [0.2, 0.25) is 10.0 Å². The van der Waals surface area contributed by atoms with Gasteiger partial charge in [0.25, 0.3) is 0 Å². The minimum absolute atomic E-state index is 0.215. The Morgan fingerprint density at radius 3 is 2.45 bits per heavy atom. The Bertz CT molecular complexity index is 549. The van der Waals surface area contributed by atoms with Crippen molar-refractivity contribution in [1.29, 1.82) is 0 Å². The summed E-state index contributed by atoms with van der Waals surface area (Å²) in [5.74, 6) is -0.274. The molecule has 0 bridgehead atoms. The first-order valence-corrected chi connectivity index (χ1v) is 7.22. The van der Waals surface area contributed by atoms with Crippen LogP contribution in [0, 0.1) is 5.82 Å². The van der Waals surface area contributed by atoms with Crippen molar-refractivity contribution in [2.24, 2.45) is 0 Å². The van der Waals surface area contributed by atoms with Crippen LogP contribution in [0.25, 0.3) is 0 Å². The normalized spacial score (nSPS) is 12.4. The first-order chi connectivity index (χ1) is 9.56. The molecule has 0 saturated carbocycles. The van der Waals surface area contributed by atoms with Crippen molar-refractivity contribution in [1.82, 2.24) is 5.32 Å². The Morgan fingerprint density at radius 1 is 1.10 bits per heavy atom. The van der Waals surface area contributed by atoms with E-state index in [1.165, 1.54) is 11.6 Å². The molecule has 0 aromatic heterocycles. The molecule has 2 aromatic rings. The van der Waals surface area contributed by atoms with Crippen molar-refractivity contribution in [3.8, 4) is 0 Å². The van der Waals surface area contributed by atoms with Crippen molar-refractivity contribution in [2.75, 3.05) is 0 Å². The number of hydrogen-bond acceptors (Lipinski definition) is 1. The van der Waals surface area contributed by atoms with Gasteiger partial charge in [0.15, 0.2) is 0 Å². The summed E-state index contributed by atoms with van der Waals surface area (Å²) >= 11 is 11.8. The van der Waals surface area contributed by atoms with Gasteiger partial charge in [0.2, 0.25) is 0 Å². The minimum atomic E-state index is -0.274. The van der Waals surface area contributed by atoms with E-state index in [-0.39, 0.29) is 11.9 Å². The Kier molecular flexibility index (Phi) is 5.41. The lowest BCUT2D eigenvalue weighted by molar-refractivity contribution is 0.525. The van der Waals surface area contributed by atoms with E-state index < -0.39 is 0 Å². The minimum Gasteiger partial charge on any atom is -0.310 e. The Hall–Kier alpha value is -1.09. The topological polar surface area (TPSA) is 12.0 Å². The molecule has 1 atom stereocenters. The molecule has 0 aliphatic carbocycles. The zero-order valence-electron chi connectivity index (χ0n) is 11.2. The molecule has 0 radical (unpaired) electrons. The number of nitrogens with one attached hydrogen (secondary N) is 1. The summed E-state index contributed by atoms with van der Waals surface area (Å²) in [4.78, 5) is 0. The van der Waals surface area contributed by atoms with Gasteiger partial charge in [-0.3, -0.25) is 0 Å². The van der Waals surface area contributed by atoms with Gasteiger partial charge in [0.1, 0.15) is 5.82 Å². The van der Waals surface area contributed by atoms with Crippen LogP contribution in [-0.4, -0.2) is 6.04 Å². The molecule has 1 N–H and O–H groups in total. The largest absolute Gasteiger partial charge is 0.310 e. The molecule has 0 saturated heterocycles. The van der Waals surface area contributed by atoms with E-state index in [1.807, 2.05) is 24.3 Å². The van der Waals surface area contributed by atoms with Crippen molar-refractivity contribution < 1.29 is 4.39 Å². The van der Waals surface area contributed by atoms with Crippen LogP contribution in [0.5, 0.6) is 0 Å². The van der Waals surface area contributed by atoms with Gasteiger partial charge in [-0.25, -0.2) is 4.39 Å². The van der Waals surface area contributed by atoms with Gasteiger partial charge < -0.3 is 5.32 Å². The third-order valence-corrected chi connectivity index (χ3v) is 3.75. The highest BCUT2D eigenvalue weighted by molar-refractivity contribution is 6.31. The van der Waals surface area contributed by atoms with Crippen LogP contribution in [0.4, 0.5) is 4.39 Å². The predicted molar refractivity (Wildman–Crippen MR) is 82.9 cm³/mol. The molecule has 0 spiro atoms. The highest BCUT2D eigenvalue weighted by atomic mass is 35.5. The van der Waals surface area contributed by atoms with Gasteiger partial charge in [-0.05, 0) is 43.2 Å². The summed E-state index contributed by atoms with van der Waals surface area (Å²) in [6.45, 7) is 2.48. The number of benzene rings is 2. The van der Waals surface area contributed by atoms with Crippen LogP contribution >= 0.6 is 23.2 Å². The summed E-state index contributed by atoms with van der Waals surface area (Å²) in [5.41, 5.74) is 1.70. The summed E-state index contributed by atoms with van der Waals surface area (Å²) in [5, 5.41) is 4.47. The average Bonchev–Trinajstić information content (AvgIpc) is 2.41.